The minimum atomic E-state index is -3.44. The fourth-order valence-corrected chi connectivity index (χ4v) is 2.80. The first-order valence-electron chi connectivity index (χ1n) is 4.66. The summed E-state index contributed by atoms with van der Waals surface area (Å²) >= 11 is 6.54. The molecule has 1 N–H and O–H groups in total. The number of halogens is 2. The van der Waals surface area contributed by atoms with Crippen LogP contribution in [0.25, 0.3) is 0 Å². The van der Waals surface area contributed by atoms with E-state index < -0.39 is 10.0 Å². The monoisotopic (exact) mass is 370 g/mol. The topological polar surface area (TPSA) is 59.1 Å². The molecule has 0 amide bonds. The van der Waals surface area contributed by atoms with Gasteiger partial charge in [0.15, 0.2) is 0 Å². The summed E-state index contributed by atoms with van der Waals surface area (Å²) in [4.78, 5) is 4.28. The van der Waals surface area contributed by atoms with Crippen LogP contribution >= 0.6 is 31.9 Å². The van der Waals surface area contributed by atoms with Crippen molar-refractivity contribution in [2.45, 2.75) is 23.1 Å². The lowest BCUT2D eigenvalue weighted by Gasteiger charge is -2.07. The Hall–Kier alpha value is 0.0200. The molecule has 0 radical (unpaired) electrons. The van der Waals surface area contributed by atoms with Crippen molar-refractivity contribution in [2.24, 2.45) is 0 Å². The lowest BCUT2D eigenvalue weighted by molar-refractivity contribution is 0.578. The van der Waals surface area contributed by atoms with E-state index in [1.807, 2.05) is 6.92 Å². The molecule has 16 heavy (non-hydrogen) atoms. The molecule has 90 valence electrons. The van der Waals surface area contributed by atoms with Gasteiger partial charge in [-0.05, 0) is 28.4 Å². The first-order chi connectivity index (χ1) is 7.42. The van der Waals surface area contributed by atoms with Crippen molar-refractivity contribution >= 4 is 41.9 Å². The summed E-state index contributed by atoms with van der Waals surface area (Å²) in [5, 5.41) is 0. The van der Waals surface area contributed by atoms with E-state index in [0.29, 0.717) is 11.0 Å². The van der Waals surface area contributed by atoms with Gasteiger partial charge in [0.05, 0.1) is 0 Å². The van der Waals surface area contributed by atoms with Crippen LogP contribution in [-0.4, -0.2) is 24.8 Å². The molecular weight excluding hydrogens is 360 g/mol. The maximum atomic E-state index is 11.8. The number of alkyl halides is 1. The fourth-order valence-electron chi connectivity index (χ4n) is 1.01. The highest BCUT2D eigenvalue weighted by molar-refractivity contribution is 9.10. The molecule has 7 heteroatoms. The van der Waals surface area contributed by atoms with Crippen LogP contribution in [0.4, 0.5) is 0 Å². The van der Waals surface area contributed by atoms with E-state index in [2.05, 4.69) is 41.6 Å². The standard InChI is InChI=1S/C9H12Br2N2O2S/c1-7(10)2-3-13-16(14,15)9-4-8(11)5-12-6-9/h4-7,13H,2-3H2,1H3. The van der Waals surface area contributed by atoms with Gasteiger partial charge >= 0.3 is 0 Å². The number of nitrogens with zero attached hydrogens (tertiary/aromatic N) is 1. The van der Waals surface area contributed by atoms with Gasteiger partial charge in [0.1, 0.15) is 4.90 Å². The maximum Gasteiger partial charge on any atom is 0.242 e. The van der Waals surface area contributed by atoms with Crippen molar-refractivity contribution < 1.29 is 8.42 Å². The van der Waals surface area contributed by atoms with Gasteiger partial charge in [0.25, 0.3) is 0 Å². The summed E-state index contributed by atoms with van der Waals surface area (Å²) < 4.78 is 26.7. The summed E-state index contributed by atoms with van der Waals surface area (Å²) in [6.07, 6.45) is 3.60. The Morgan fingerprint density at radius 1 is 1.50 bits per heavy atom. The lowest BCUT2D eigenvalue weighted by atomic mass is 10.3. The van der Waals surface area contributed by atoms with E-state index in [1.54, 1.807) is 6.20 Å². The zero-order valence-corrected chi connectivity index (χ0v) is 12.6. The Kier molecular flexibility index (Phi) is 5.36. The van der Waals surface area contributed by atoms with Crippen molar-refractivity contribution in [1.82, 2.24) is 9.71 Å². The molecule has 0 saturated carbocycles. The van der Waals surface area contributed by atoms with Crippen LogP contribution in [-0.2, 0) is 10.0 Å². The molecule has 1 aromatic rings. The normalized spacial score (nSPS) is 13.7. The quantitative estimate of drug-likeness (QED) is 0.808. The molecule has 0 fully saturated rings. The van der Waals surface area contributed by atoms with Crippen LogP contribution < -0.4 is 4.72 Å². The highest BCUT2D eigenvalue weighted by atomic mass is 79.9. The first-order valence-corrected chi connectivity index (χ1v) is 7.85. The van der Waals surface area contributed by atoms with Crippen LogP contribution in [0.5, 0.6) is 0 Å². The maximum absolute atomic E-state index is 11.8. The summed E-state index contributed by atoms with van der Waals surface area (Å²) in [6, 6.07) is 1.52. The molecule has 1 atom stereocenters. The molecule has 1 heterocycles. The summed E-state index contributed by atoms with van der Waals surface area (Å²) in [5.74, 6) is 0. The number of hydrogen-bond acceptors (Lipinski definition) is 3. The molecule has 0 saturated heterocycles. The largest absolute Gasteiger partial charge is 0.262 e. The minimum absolute atomic E-state index is 0.170. The molecule has 0 aliphatic carbocycles. The molecule has 4 nitrogen and oxygen atoms in total. The summed E-state index contributed by atoms with van der Waals surface area (Å²) in [7, 11) is -3.44. The average Bonchev–Trinajstić information content (AvgIpc) is 2.16. The number of nitrogens with one attached hydrogen (secondary N) is 1. The third-order valence-electron chi connectivity index (χ3n) is 1.82. The Bertz CT molecular complexity index is 449. The van der Waals surface area contributed by atoms with Gasteiger partial charge in [-0.15, -0.1) is 0 Å². The molecule has 1 aromatic heterocycles. The fraction of sp³-hybridized carbons (Fsp3) is 0.444. The van der Waals surface area contributed by atoms with Gasteiger partial charge in [-0.1, -0.05) is 22.9 Å². The molecule has 0 aliphatic rings. The minimum Gasteiger partial charge on any atom is -0.262 e. The third-order valence-corrected chi connectivity index (χ3v) is 4.14. The second-order valence-corrected chi connectivity index (χ2v) is 7.55. The van der Waals surface area contributed by atoms with Crippen molar-refractivity contribution in [2.75, 3.05) is 6.54 Å². The molecule has 1 unspecified atom stereocenters. The third kappa shape index (κ3) is 4.48. The molecule has 0 aliphatic heterocycles. The molecule has 0 spiro atoms. The predicted molar refractivity (Wildman–Crippen MR) is 70.1 cm³/mol. The van der Waals surface area contributed by atoms with Crippen molar-refractivity contribution in [3.8, 4) is 0 Å². The Morgan fingerprint density at radius 3 is 2.75 bits per heavy atom. The van der Waals surface area contributed by atoms with Crippen LogP contribution in [0.3, 0.4) is 0 Å². The molecular formula is C9H12Br2N2O2S. The van der Waals surface area contributed by atoms with E-state index in [4.69, 9.17) is 0 Å². The average molecular weight is 372 g/mol. The van der Waals surface area contributed by atoms with Gasteiger partial charge in [-0.2, -0.15) is 0 Å². The van der Waals surface area contributed by atoms with E-state index >= 15 is 0 Å². The second-order valence-electron chi connectivity index (χ2n) is 3.31. The van der Waals surface area contributed by atoms with E-state index in [9.17, 15) is 8.42 Å². The number of rotatable bonds is 5. The predicted octanol–water partition coefficient (Wildman–Crippen LogP) is 2.30. The van der Waals surface area contributed by atoms with Gasteiger partial charge in [-0.3, -0.25) is 4.98 Å². The van der Waals surface area contributed by atoms with E-state index in [1.165, 1.54) is 12.3 Å². The zero-order chi connectivity index (χ0) is 12.2. The molecule has 0 bridgehead atoms. The Balaban J connectivity index is 2.71. The highest BCUT2D eigenvalue weighted by Gasteiger charge is 2.14. The van der Waals surface area contributed by atoms with Crippen molar-refractivity contribution in [1.29, 1.82) is 0 Å². The second kappa shape index (κ2) is 6.09. The Labute approximate surface area is 112 Å². The van der Waals surface area contributed by atoms with Crippen LogP contribution in [0.15, 0.2) is 27.8 Å². The number of aromatic nitrogens is 1. The number of hydrogen-bond donors (Lipinski definition) is 1. The Morgan fingerprint density at radius 2 is 2.19 bits per heavy atom. The number of pyridine rings is 1. The highest BCUT2D eigenvalue weighted by Crippen LogP contribution is 2.14. The van der Waals surface area contributed by atoms with Crippen molar-refractivity contribution in [3.63, 3.8) is 0 Å². The van der Waals surface area contributed by atoms with Crippen LogP contribution in [0.2, 0.25) is 0 Å². The van der Waals surface area contributed by atoms with Gasteiger partial charge in [0.2, 0.25) is 10.0 Å². The van der Waals surface area contributed by atoms with Gasteiger partial charge in [-0.25, -0.2) is 13.1 Å². The van der Waals surface area contributed by atoms with Gasteiger partial charge in [0, 0.05) is 28.2 Å². The lowest BCUT2D eigenvalue weighted by Crippen LogP contribution is -2.26. The summed E-state index contributed by atoms with van der Waals surface area (Å²) in [5.41, 5.74) is 0. The smallest absolute Gasteiger partial charge is 0.242 e. The summed E-state index contributed by atoms with van der Waals surface area (Å²) in [6.45, 7) is 2.37. The van der Waals surface area contributed by atoms with E-state index in [-0.39, 0.29) is 9.72 Å². The zero-order valence-electron chi connectivity index (χ0n) is 8.65. The first kappa shape index (κ1) is 14.1. The molecule has 0 aromatic carbocycles. The van der Waals surface area contributed by atoms with Crippen molar-refractivity contribution in [3.05, 3.63) is 22.9 Å². The van der Waals surface area contributed by atoms with Crippen LogP contribution in [0, 0.1) is 0 Å². The molecule has 1 rings (SSSR count). The SMILES string of the molecule is CC(Br)CCNS(=O)(=O)c1cncc(Br)c1. The van der Waals surface area contributed by atoms with Crippen LogP contribution in [0.1, 0.15) is 13.3 Å². The van der Waals surface area contributed by atoms with Gasteiger partial charge < -0.3 is 0 Å². The van der Waals surface area contributed by atoms with E-state index in [0.717, 1.165) is 6.42 Å². The number of sulfonamides is 1.